The fourth-order valence-corrected chi connectivity index (χ4v) is 1.60. The standard InChI is InChI=1S/C11H12N4O3/c1-7-12-11(18-13-7)8-4-5-9(14(2)3)10(6-8)15(16)17/h4-6H,1-3H3. The maximum atomic E-state index is 11.0. The average molecular weight is 248 g/mol. The van der Waals surface area contributed by atoms with Gasteiger partial charge >= 0.3 is 0 Å². The fourth-order valence-electron chi connectivity index (χ4n) is 1.60. The molecule has 0 aliphatic rings. The van der Waals surface area contributed by atoms with E-state index >= 15 is 0 Å². The molecule has 0 unspecified atom stereocenters. The van der Waals surface area contributed by atoms with Gasteiger partial charge in [0.2, 0.25) is 0 Å². The van der Waals surface area contributed by atoms with Crippen molar-refractivity contribution in [3.63, 3.8) is 0 Å². The predicted molar refractivity (Wildman–Crippen MR) is 65.5 cm³/mol. The Morgan fingerprint density at radius 3 is 2.61 bits per heavy atom. The quantitative estimate of drug-likeness (QED) is 0.610. The smallest absolute Gasteiger partial charge is 0.293 e. The lowest BCUT2D eigenvalue weighted by molar-refractivity contribution is -0.384. The van der Waals surface area contributed by atoms with Gasteiger partial charge in [0.05, 0.1) is 4.92 Å². The normalized spacial score (nSPS) is 10.4. The summed E-state index contributed by atoms with van der Waals surface area (Å²) in [7, 11) is 3.50. The second-order valence-corrected chi connectivity index (χ2v) is 4.00. The summed E-state index contributed by atoms with van der Waals surface area (Å²) >= 11 is 0. The van der Waals surface area contributed by atoms with Crippen LogP contribution in [-0.2, 0) is 0 Å². The van der Waals surface area contributed by atoms with Crippen molar-refractivity contribution >= 4 is 11.4 Å². The van der Waals surface area contributed by atoms with Crippen LogP contribution in [0.2, 0.25) is 0 Å². The first-order valence-electron chi connectivity index (χ1n) is 5.25. The Bertz CT molecular complexity index is 592. The van der Waals surface area contributed by atoms with Crippen LogP contribution in [0.1, 0.15) is 5.82 Å². The number of nitro benzene ring substituents is 1. The van der Waals surface area contributed by atoms with Crippen molar-refractivity contribution in [3.8, 4) is 11.5 Å². The van der Waals surface area contributed by atoms with Crippen LogP contribution < -0.4 is 4.90 Å². The molecule has 1 aromatic heterocycles. The van der Waals surface area contributed by atoms with Gasteiger partial charge in [-0.05, 0) is 19.1 Å². The number of aryl methyl sites for hydroxylation is 1. The molecule has 0 fully saturated rings. The maximum absolute atomic E-state index is 11.0. The highest BCUT2D eigenvalue weighted by atomic mass is 16.6. The highest BCUT2D eigenvalue weighted by molar-refractivity contribution is 5.70. The molecular weight excluding hydrogens is 236 g/mol. The Morgan fingerprint density at radius 2 is 2.11 bits per heavy atom. The maximum Gasteiger partial charge on any atom is 0.293 e. The van der Waals surface area contributed by atoms with Crippen molar-refractivity contribution in [2.24, 2.45) is 0 Å². The number of anilines is 1. The molecule has 94 valence electrons. The zero-order valence-electron chi connectivity index (χ0n) is 10.2. The molecule has 0 saturated heterocycles. The van der Waals surface area contributed by atoms with E-state index in [1.165, 1.54) is 6.07 Å². The average Bonchev–Trinajstić information content (AvgIpc) is 2.75. The van der Waals surface area contributed by atoms with E-state index < -0.39 is 4.92 Å². The first-order chi connectivity index (χ1) is 8.49. The number of aromatic nitrogens is 2. The molecule has 0 atom stereocenters. The van der Waals surface area contributed by atoms with Gasteiger partial charge in [0.1, 0.15) is 5.69 Å². The third-order valence-electron chi connectivity index (χ3n) is 2.43. The molecule has 0 aliphatic carbocycles. The number of nitrogens with zero attached hydrogens (tertiary/aromatic N) is 4. The zero-order chi connectivity index (χ0) is 13.3. The van der Waals surface area contributed by atoms with Gasteiger partial charge in [0.25, 0.3) is 11.6 Å². The molecule has 0 amide bonds. The third kappa shape index (κ3) is 2.15. The molecule has 7 heteroatoms. The van der Waals surface area contributed by atoms with Crippen LogP contribution in [0.3, 0.4) is 0 Å². The van der Waals surface area contributed by atoms with E-state index in [1.54, 1.807) is 38.1 Å². The monoisotopic (exact) mass is 248 g/mol. The molecule has 1 heterocycles. The van der Waals surface area contributed by atoms with E-state index in [2.05, 4.69) is 10.1 Å². The van der Waals surface area contributed by atoms with Crippen LogP contribution in [0.5, 0.6) is 0 Å². The van der Waals surface area contributed by atoms with Crippen LogP contribution in [0.25, 0.3) is 11.5 Å². The molecule has 2 rings (SSSR count). The van der Waals surface area contributed by atoms with Gasteiger partial charge in [-0.25, -0.2) is 0 Å². The Morgan fingerprint density at radius 1 is 1.39 bits per heavy atom. The van der Waals surface area contributed by atoms with Crippen LogP contribution in [0.15, 0.2) is 22.7 Å². The summed E-state index contributed by atoms with van der Waals surface area (Å²) in [6, 6.07) is 4.81. The minimum Gasteiger partial charge on any atom is -0.372 e. The van der Waals surface area contributed by atoms with Crippen molar-refractivity contribution in [1.82, 2.24) is 10.1 Å². The van der Waals surface area contributed by atoms with Gasteiger partial charge in [-0.15, -0.1) is 0 Å². The molecule has 1 aromatic carbocycles. The Hall–Kier alpha value is -2.44. The van der Waals surface area contributed by atoms with Crippen LogP contribution in [0, 0.1) is 17.0 Å². The van der Waals surface area contributed by atoms with Gasteiger partial charge in [-0.1, -0.05) is 5.16 Å². The molecule has 0 N–H and O–H groups in total. The number of rotatable bonds is 3. The SMILES string of the molecule is Cc1noc(-c2ccc(N(C)C)c([N+](=O)[O-])c2)n1. The van der Waals surface area contributed by atoms with Crippen LogP contribution in [0.4, 0.5) is 11.4 Å². The summed E-state index contributed by atoms with van der Waals surface area (Å²) in [4.78, 5) is 16.3. The lowest BCUT2D eigenvalue weighted by atomic mass is 10.1. The number of benzene rings is 1. The molecule has 2 aromatic rings. The predicted octanol–water partition coefficient (Wildman–Crippen LogP) is 2.02. The first kappa shape index (κ1) is 12.0. The molecular formula is C11H12N4O3. The highest BCUT2D eigenvalue weighted by Crippen LogP contribution is 2.31. The summed E-state index contributed by atoms with van der Waals surface area (Å²) in [6.07, 6.45) is 0. The topological polar surface area (TPSA) is 85.3 Å². The molecule has 7 nitrogen and oxygen atoms in total. The number of nitro groups is 1. The van der Waals surface area contributed by atoms with Crippen molar-refractivity contribution in [2.75, 3.05) is 19.0 Å². The van der Waals surface area contributed by atoms with Crippen molar-refractivity contribution in [1.29, 1.82) is 0 Å². The van der Waals surface area contributed by atoms with Gasteiger partial charge in [-0.3, -0.25) is 10.1 Å². The summed E-state index contributed by atoms with van der Waals surface area (Å²) in [5.74, 6) is 0.769. The molecule has 0 bridgehead atoms. The fraction of sp³-hybridized carbons (Fsp3) is 0.273. The molecule has 0 saturated carbocycles. The molecule has 0 aliphatic heterocycles. The van der Waals surface area contributed by atoms with E-state index in [0.717, 1.165) is 0 Å². The van der Waals surface area contributed by atoms with Crippen molar-refractivity contribution in [2.45, 2.75) is 6.92 Å². The van der Waals surface area contributed by atoms with E-state index in [0.29, 0.717) is 17.1 Å². The van der Waals surface area contributed by atoms with Gasteiger partial charge in [0.15, 0.2) is 5.82 Å². The Kier molecular flexibility index (Phi) is 2.97. The zero-order valence-corrected chi connectivity index (χ0v) is 10.2. The lowest BCUT2D eigenvalue weighted by Gasteiger charge is -2.12. The molecule has 0 radical (unpaired) electrons. The van der Waals surface area contributed by atoms with E-state index in [-0.39, 0.29) is 11.6 Å². The summed E-state index contributed by atoms with van der Waals surface area (Å²) < 4.78 is 4.99. The van der Waals surface area contributed by atoms with Crippen molar-refractivity contribution < 1.29 is 9.45 Å². The van der Waals surface area contributed by atoms with E-state index in [9.17, 15) is 10.1 Å². The van der Waals surface area contributed by atoms with Crippen molar-refractivity contribution in [3.05, 3.63) is 34.1 Å². The van der Waals surface area contributed by atoms with Crippen LogP contribution >= 0.6 is 0 Å². The van der Waals surface area contributed by atoms with Gasteiger partial charge in [0, 0.05) is 25.7 Å². The second-order valence-electron chi connectivity index (χ2n) is 4.00. The van der Waals surface area contributed by atoms with E-state index in [1.807, 2.05) is 0 Å². The number of hydrogen-bond donors (Lipinski definition) is 0. The molecule has 18 heavy (non-hydrogen) atoms. The van der Waals surface area contributed by atoms with E-state index in [4.69, 9.17) is 4.52 Å². The third-order valence-corrected chi connectivity index (χ3v) is 2.43. The first-order valence-corrected chi connectivity index (χ1v) is 5.25. The summed E-state index contributed by atoms with van der Waals surface area (Å²) in [5, 5.41) is 14.7. The van der Waals surface area contributed by atoms with Gasteiger partial charge < -0.3 is 9.42 Å². The Balaban J connectivity index is 2.53. The second kappa shape index (κ2) is 4.44. The largest absolute Gasteiger partial charge is 0.372 e. The molecule has 0 spiro atoms. The Labute approximate surface area is 103 Å². The lowest BCUT2D eigenvalue weighted by Crippen LogP contribution is -2.10. The highest BCUT2D eigenvalue weighted by Gasteiger charge is 2.18. The van der Waals surface area contributed by atoms with Gasteiger partial charge in [-0.2, -0.15) is 4.98 Å². The summed E-state index contributed by atoms with van der Waals surface area (Å²) in [5.41, 5.74) is 1.07. The minimum absolute atomic E-state index is 0.00773. The summed E-state index contributed by atoms with van der Waals surface area (Å²) in [6.45, 7) is 1.69. The van der Waals surface area contributed by atoms with Crippen LogP contribution in [-0.4, -0.2) is 29.2 Å². The minimum atomic E-state index is -0.429. The number of hydrogen-bond acceptors (Lipinski definition) is 6.